The highest BCUT2D eigenvalue weighted by molar-refractivity contribution is 5.69. The first-order chi connectivity index (χ1) is 14.7. The van der Waals surface area contributed by atoms with Gasteiger partial charge < -0.3 is 9.47 Å². The summed E-state index contributed by atoms with van der Waals surface area (Å²) in [6.45, 7) is 12.6. The van der Waals surface area contributed by atoms with Crippen LogP contribution in [-0.4, -0.2) is 37.5 Å². The van der Waals surface area contributed by atoms with E-state index in [1.165, 1.54) is 58.5 Å². The Labute approximate surface area is 188 Å². The average Bonchev–Trinajstić information content (AvgIpc) is 3.45. The molecule has 0 radical (unpaired) electrons. The Morgan fingerprint density at radius 1 is 1.13 bits per heavy atom. The van der Waals surface area contributed by atoms with Gasteiger partial charge in [0.25, 0.3) is 0 Å². The molecular formula is C27H43NO3. The largest absolute Gasteiger partial charge is 0.469 e. The van der Waals surface area contributed by atoms with Crippen LogP contribution < -0.4 is 0 Å². The summed E-state index contributed by atoms with van der Waals surface area (Å²) in [5, 5.41) is 0. The van der Waals surface area contributed by atoms with Crippen molar-refractivity contribution < 1.29 is 14.3 Å². The number of fused-ring (bicyclic) bond motifs is 5. The molecule has 0 bridgehead atoms. The molecular weight excluding hydrogens is 386 g/mol. The summed E-state index contributed by atoms with van der Waals surface area (Å²) in [5.41, 5.74) is 0.909. The minimum absolute atomic E-state index is 0.0904. The molecule has 5 aliphatic rings. The van der Waals surface area contributed by atoms with Crippen molar-refractivity contribution in [1.82, 2.24) is 0 Å². The Hall–Kier alpha value is -0.900. The van der Waals surface area contributed by atoms with E-state index in [1.807, 2.05) is 0 Å². The molecule has 9 atom stereocenters. The Morgan fingerprint density at radius 2 is 1.87 bits per heavy atom. The van der Waals surface area contributed by atoms with Gasteiger partial charge in [0.05, 0.1) is 24.9 Å². The number of rotatable bonds is 5. The summed E-state index contributed by atoms with van der Waals surface area (Å²) in [6.07, 6.45) is 13.1. The van der Waals surface area contributed by atoms with E-state index in [0.717, 1.165) is 43.1 Å². The normalized spacial score (nSPS) is 51.4. The maximum atomic E-state index is 11.8. The molecule has 5 rings (SSSR count). The zero-order valence-corrected chi connectivity index (χ0v) is 20.3. The summed E-state index contributed by atoms with van der Waals surface area (Å²) in [5.74, 6) is 3.58. The predicted octanol–water partition coefficient (Wildman–Crippen LogP) is 5.83. The third-order valence-corrected chi connectivity index (χ3v) is 11.7. The molecule has 9 unspecified atom stereocenters. The lowest BCUT2D eigenvalue weighted by Gasteiger charge is -2.62. The van der Waals surface area contributed by atoms with Crippen LogP contribution in [0.3, 0.4) is 0 Å². The number of hydrogen-bond acceptors (Lipinski definition) is 4. The van der Waals surface area contributed by atoms with Crippen LogP contribution in [0.1, 0.15) is 91.4 Å². The fraction of sp³-hybridized carbons (Fsp3) is 0.926. The first-order valence-corrected chi connectivity index (χ1v) is 12.9. The molecule has 1 aliphatic heterocycles. The molecule has 1 heterocycles. The lowest BCUT2D eigenvalue weighted by Crippen LogP contribution is -2.58. The monoisotopic (exact) mass is 429 g/mol. The van der Waals surface area contributed by atoms with Crippen LogP contribution >= 0.6 is 0 Å². The number of carbonyl (C=O) groups excluding carboxylic acids is 1. The maximum Gasteiger partial charge on any atom is 0.305 e. The third kappa shape index (κ3) is 3.02. The van der Waals surface area contributed by atoms with Crippen molar-refractivity contribution in [3.05, 3.63) is 0 Å². The van der Waals surface area contributed by atoms with Crippen LogP contribution in [-0.2, 0) is 14.3 Å². The van der Waals surface area contributed by atoms with Gasteiger partial charge in [0, 0.05) is 6.42 Å². The second kappa shape index (κ2) is 7.30. The molecule has 0 aromatic heterocycles. The van der Waals surface area contributed by atoms with E-state index in [0.29, 0.717) is 17.8 Å². The number of ether oxygens (including phenoxy) is 2. The Morgan fingerprint density at radius 3 is 2.55 bits per heavy atom. The zero-order valence-electron chi connectivity index (χ0n) is 20.3. The number of methoxy groups -OCH3 is 1. The maximum absolute atomic E-state index is 11.8. The molecule has 0 aromatic carbocycles. The fourth-order valence-corrected chi connectivity index (χ4v) is 9.62. The van der Waals surface area contributed by atoms with Crippen molar-refractivity contribution in [3.8, 4) is 0 Å². The van der Waals surface area contributed by atoms with Crippen molar-refractivity contribution >= 4 is 12.7 Å². The van der Waals surface area contributed by atoms with Gasteiger partial charge in [0.2, 0.25) is 0 Å². The molecule has 0 N–H and O–H groups in total. The molecule has 174 valence electrons. The van der Waals surface area contributed by atoms with Gasteiger partial charge in [-0.15, -0.1) is 0 Å². The van der Waals surface area contributed by atoms with E-state index in [4.69, 9.17) is 14.5 Å². The fourth-order valence-electron chi connectivity index (χ4n) is 9.62. The van der Waals surface area contributed by atoms with E-state index in [-0.39, 0.29) is 22.5 Å². The number of esters is 1. The van der Waals surface area contributed by atoms with E-state index >= 15 is 0 Å². The van der Waals surface area contributed by atoms with Gasteiger partial charge in [0.15, 0.2) is 0 Å². The SMILES string of the molecule is C=NC1(C(C)CCC(=O)OC)CCC2C3CCC4CC5(CCC4(C)C3CCC21C)CO5. The zero-order chi connectivity index (χ0) is 22.1. The Balaban J connectivity index is 1.37. The number of aliphatic imine (C=N–C) groups is 1. The number of epoxide rings is 1. The lowest BCUT2D eigenvalue weighted by molar-refractivity contribution is -0.141. The summed E-state index contributed by atoms with van der Waals surface area (Å²) < 4.78 is 10.8. The van der Waals surface area contributed by atoms with Gasteiger partial charge in [-0.2, -0.15) is 0 Å². The predicted molar refractivity (Wildman–Crippen MR) is 123 cm³/mol. The molecule has 1 spiro atoms. The number of hydrogen-bond donors (Lipinski definition) is 0. The van der Waals surface area contributed by atoms with Gasteiger partial charge in [-0.1, -0.05) is 20.8 Å². The van der Waals surface area contributed by atoms with Crippen molar-refractivity contribution in [2.45, 2.75) is 103 Å². The first kappa shape index (κ1) is 21.9. The highest BCUT2D eigenvalue weighted by Crippen LogP contribution is 2.71. The quantitative estimate of drug-likeness (QED) is 0.314. The van der Waals surface area contributed by atoms with Crippen molar-refractivity contribution in [2.24, 2.45) is 45.4 Å². The van der Waals surface area contributed by atoms with Crippen LogP contribution in [0.15, 0.2) is 4.99 Å². The first-order valence-electron chi connectivity index (χ1n) is 12.9. The molecule has 1 saturated heterocycles. The molecule has 5 fully saturated rings. The summed E-state index contributed by atoms with van der Waals surface area (Å²) in [4.78, 5) is 16.7. The summed E-state index contributed by atoms with van der Waals surface area (Å²) in [6, 6.07) is 0. The van der Waals surface area contributed by atoms with E-state index < -0.39 is 0 Å². The van der Waals surface area contributed by atoms with Crippen molar-refractivity contribution in [1.29, 1.82) is 0 Å². The van der Waals surface area contributed by atoms with Gasteiger partial charge in [-0.25, -0.2) is 0 Å². The third-order valence-electron chi connectivity index (χ3n) is 11.7. The second-order valence-electron chi connectivity index (χ2n) is 12.4. The Bertz CT molecular complexity index is 747. The van der Waals surface area contributed by atoms with E-state index in [2.05, 4.69) is 27.5 Å². The topological polar surface area (TPSA) is 51.2 Å². The van der Waals surface area contributed by atoms with Crippen LogP contribution in [0, 0.1) is 40.4 Å². The van der Waals surface area contributed by atoms with Gasteiger partial charge in [-0.05, 0) is 111 Å². The summed E-state index contributed by atoms with van der Waals surface area (Å²) >= 11 is 0. The molecule has 4 saturated carbocycles. The highest BCUT2D eigenvalue weighted by Gasteiger charge is 2.67. The molecule has 4 heteroatoms. The minimum atomic E-state index is -0.101. The van der Waals surface area contributed by atoms with Gasteiger partial charge in [0.1, 0.15) is 0 Å². The van der Waals surface area contributed by atoms with Gasteiger partial charge >= 0.3 is 5.97 Å². The lowest BCUT2D eigenvalue weighted by atomic mass is 9.43. The molecule has 4 aliphatic carbocycles. The van der Waals surface area contributed by atoms with Crippen molar-refractivity contribution in [2.75, 3.05) is 13.7 Å². The molecule has 0 amide bonds. The second-order valence-corrected chi connectivity index (χ2v) is 12.4. The Kier molecular flexibility index (Phi) is 5.16. The van der Waals surface area contributed by atoms with Crippen LogP contribution in [0.4, 0.5) is 0 Å². The number of nitrogens with zero attached hydrogens (tertiary/aromatic N) is 1. The smallest absolute Gasteiger partial charge is 0.305 e. The van der Waals surface area contributed by atoms with Crippen LogP contribution in [0.25, 0.3) is 0 Å². The molecule has 4 nitrogen and oxygen atoms in total. The van der Waals surface area contributed by atoms with E-state index in [1.54, 1.807) is 0 Å². The standard InChI is InChI=1S/C27H43NO3/c1-18(6-9-23(29)30-5)27(28-4)13-11-22-20-8-7-19-16-26(17-31-26)15-14-24(19,2)21(20)10-12-25(22,27)3/h18-22H,4,6-17H2,1-3,5H3. The highest BCUT2D eigenvalue weighted by atomic mass is 16.6. The van der Waals surface area contributed by atoms with Gasteiger partial charge in [-0.3, -0.25) is 9.79 Å². The minimum Gasteiger partial charge on any atom is -0.469 e. The number of carbonyl (C=O) groups is 1. The molecule has 31 heavy (non-hydrogen) atoms. The summed E-state index contributed by atoms with van der Waals surface area (Å²) in [7, 11) is 1.49. The van der Waals surface area contributed by atoms with Crippen LogP contribution in [0.5, 0.6) is 0 Å². The average molecular weight is 430 g/mol. The van der Waals surface area contributed by atoms with E-state index in [9.17, 15) is 4.79 Å². The molecule has 0 aromatic rings. The van der Waals surface area contributed by atoms with Crippen molar-refractivity contribution in [3.63, 3.8) is 0 Å². The van der Waals surface area contributed by atoms with Crippen LogP contribution in [0.2, 0.25) is 0 Å².